The molecular formula is C20H13N7O. The number of nitrogens with zero attached hydrogens (tertiary/aromatic N) is 6. The molecule has 5 aromatic heterocycles. The first-order valence-electron chi connectivity index (χ1n) is 8.56. The molecule has 28 heavy (non-hydrogen) atoms. The molecular weight excluding hydrogens is 354 g/mol. The van der Waals surface area contributed by atoms with Gasteiger partial charge in [-0.2, -0.15) is 10.4 Å². The van der Waals surface area contributed by atoms with Crippen molar-refractivity contribution in [1.29, 1.82) is 5.26 Å². The van der Waals surface area contributed by atoms with Gasteiger partial charge in [0.1, 0.15) is 17.4 Å². The molecule has 8 heteroatoms. The minimum absolute atomic E-state index is 0.118. The minimum Gasteiger partial charge on any atom is -0.346 e. The number of imidazole rings is 1. The molecule has 5 heterocycles. The molecule has 0 unspecified atom stereocenters. The maximum atomic E-state index is 12.3. The first kappa shape index (κ1) is 16.0. The molecule has 0 bridgehead atoms. The van der Waals surface area contributed by atoms with Crippen LogP contribution in [0.1, 0.15) is 11.3 Å². The van der Waals surface area contributed by atoms with Crippen molar-refractivity contribution >= 4 is 16.7 Å². The standard InChI is InChI=1S/C20H13N7O/c1-12-14(9-21)11-27(25-12)20-15(8-16-17(28)4-5-23-19(16)24-20)13-2-3-18-22-6-7-26(18)10-13/h2-8,10-11H,1H3,(H,23,24,28). The van der Waals surface area contributed by atoms with Crippen LogP contribution in [0.3, 0.4) is 0 Å². The van der Waals surface area contributed by atoms with Crippen molar-refractivity contribution < 1.29 is 0 Å². The molecule has 0 amide bonds. The zero-order valence-corrected chi connectivity index (χ0v) is 14.8. The Bertz CT molecular complexity index is 1470. The SMILES string of the molecule is Cc1nn(-c2nc3[nH]ccc(=O)c3cc2-c2ccc3nccn3c2)cc1C#N. The predicted octanol–water partition coefficient (Wildman–Crippen LogP) is 2.60. The second-order valence-electron chi connectivity index (χ2n) is 6.39. The number of H-pyrrole nitrogens is 1. The van der Waals surface area contributed by atoms with Gasteiger partial charge in [-0.3, -0.25) is 4.79 Å². The summed E-state index contributed by atoms with van der Waals surface area (Å²) in [5.74, 6) is 0.526. The van der Waals surface area contributed by atoms with E-state index in [-0.39, 0.29) is 5.43 Å². The Labute approximate surface area is 158 Å². The van der Waals surface area contributed by atoms with E-state index in [2.05, 4.69) is 26.1 Å². The highest BCUT2D eigenvalue weighted by Crippen LogP contribution is 2.28. The lowest BCUT2D eigenvalue weighted by Gasteiger charge is -2.11. The quantitative estimate of drug-likeness (QED) is 0.516. The summed E-state index contributed by atoms with van der Waals surface area (Å²) in [5.41, 5.74) is 3.82. The maximum Gasteiger partial charge on any atom is 0.191 e. The van der Waals surface area contributed by atoms with Gasteiger partial charge in [-0.15, -0.1) is 0 Å². The molecule has 0 aliphatic carbocycles. The highest BCUT2D eigenvalue weighted by atomic mass is 16.1. The Morgan fingerprint density at radius 2 is 2.11 bits per heavy atom. The fraction of sp³-hybridized carbons (Fsp3) is 0.0500. The lowest BCUT2D eigenvalue weighted by atomic mass is 10.1. The summed E-state index contributed by atoms with van der Waals surface area (Å²) in [4.78, 5) is 24.3. The van der Waals surface area contributed by atoms with E-state index < -0.39 is 0 Å². The summed E-state index contributed by atoms with van der Waals surface area (Å²) in [5, 5.41) is 14.2. The average molecular weight is 367 g/mol. The number of aromatic amines is 1. The first-order valence-corrected chi connectivity index (χ1v) is 8.56. The number of nitrogens with one attached hydrogen (secondary N) is 1. The molecule has 8 nitrogen and oxygen atoms in total. The van der Waals surface area contributed by atoms with Crippen LogP contribution in [0, 0.1) is 18.3 Å². The second-order valence-corrected chi connectivity index (χ2v) is 6.39. The third-order valence-corrected chi connectivity index (χ3v) is 4.66. The Kier molecular flexibility index (Phi) is 3.36. The third kappa shape index (κ3) is 2.38. The van der Waals surface area contributed by atoms with E-state index >= 15 is 0 Å². The molecule has 0 aromatic carbocycles. The number of pyridine rings is 3. The van der Waals surface area contributed by atoms with Crippen molar-refractivity contribution in [3.05, 3.63) is 76.7 Å². The van der Waals surface area contributed by atoms with E-state index in [1.807, 2.05) is 28.9 Å². The molecule has 1 N–H and O–H groups in total. The summed E-state index contributed by atoms with van der Waals surface area (Å²) < 4.78 is 3.47. The van der Waals surface area contributed by atoms with Crippen LogP contribution in [0.25, 0.3) is 33.6 Å². The number of rotatable bonds is 2. The Morgan fingerprint density at radius 3 is 2.93 bits per heavy atom. The molecule has 0 atom stereocenters. The highest BCUT2D eigenvalue weighted by molar-refractivity contribution is 5.85. The van der Waals surface area contributed by atoms with Crippen LogP contribution in [0.15, 0.2) is 60.0 Å². The predicted molar refractivity (Wildman–Crippen MR) is 103 cm³/mol. The molecule has 0 saturated carbocycles. The minimum atomic E-state index is -0.118. The Balaban J connectivity index is 1.85. The van der Waals surface area contributed by atoms with Crippen molar-refractivity contribution in [2.45, 2.75) is 6.92 Å². The van der Waals surface area contributed by atoms with E-state index in [1.54, 1.807) is 36.3 Å². The number of hydrogen-bond donors (Lipinski definition) is 1. The summed E-state index contributed by atoms with van der Waals surface area (Å²) in [6, 6.07) is 9.22. The van der Waals surface area contributed by atoms with Gasteiger partial charge in [-0.05, 0) is 25.1 Å². The number of hydrogen-bond acceptors (Lipinski definition) is 5. The first-order chi connectivity index (χ1) is 13.6. The second kappa shape index (κ2) is 5.89. The monoisotopic (exact) mass is 367 g/mol. The third-order valence-electron chi connectivity index (χ3n) is 4.66. The van der Waals surface area contributed by atoms with Gasteiger partial charge in [-0.1, -0.05) is 0 Å². The van der Waals surface area contributed by atoms with E-state index in [9.17, 15) is 10.1 Å². The Hall–Kier alpha value is -4.25. The van der Waals surface area contributed by atoms with Crippen LogP contribution in [-0.4, -0.2) is 29.1 Å². The zero-order valence-electron chi connectivity index (χ0n) is 14.8. The van der Waals surface area contributed by atoms with Crippen LogP contribution in [0.2, 0.25) is 0 Å². The van der Waals surface area contributed by atoms with Crippen molar-refractivity contribution in [2.75, 3.05) is 0 Å². The van der Waals surface area contributed by atoms with Gasteiger partial charge >= 0.3 is 0 Å². The fourth-order valence-electron chi connectivity index (χ4n) is 3.23. The number of fused-ring (bicyclic) bond motifs is 2. The highest BCUT2D eigenvalue weighted by Gasteiger charge is 2.16. The van der Waals surface area contributed by atoms with Crippen LogP contribution < -0.4 is 5.43 Å². The normalized spacial score (nSPS) is 11.1. The van der Waals surface area contributed by atoms with Crippen molar-refractivity contribution in [2.24, 2.45) is 0 Å². The summed E-state index contributed by atoms with van der Waals surface area (Å²) in [6.07, 6.45) is 8.70. The summed E-state index contributed by atoms with van der Waals surface area (Å²) in [7, 11) is 0. The molecule has 0 aliphatic rings. The van der Waals surface area contributed by atoms with Gasteiger partial charge in [0.2, 0.25) is 0 Å². The molecule has 0 aliphatic heterocycles. The van der Waals surface area contributed by atoms with Crippen LogP contribution >= 0.6 is 0 Å². The van der Waals surface area contributed by atoms with Crippen LogP contribution in [-0.2, 0) is 0 Å². The summed E-state index contributed by atoms with van der Waals surface area (Å²) in [6.45, 7) is 1.77. The van der Waals surface area contributed by atoms with Crippen molar-refractivity contribution in [1.82, 2.24) is 29.1 Å². The number of nitriles is 1. The van der Waals surface area contributed by atoms with Crippen molar-refractivity contribution in [3.8, 4) is 23.0 Å². The fourth-order valence-corrected chi connectivity index (χ4v) is 3.23. The van der Waals surface area contributed by atoms with Crippen LogP contribution in [0.5, 0.6) is 0 Å². The molecule has 0 radical (unpaired) electrons. The van der Waals surface area contributed by atoms with Gasteiger partial charge in [0, 0.05) is 42.0 Å². The smallest absolute Gasteiger partial charge is 0.191 e. The molecule has 0 fully saturated rings. The van der Waals surface area contributed by atoms with E-state index in [0.717, 1.165) is 16.8 Å². The van der Waals surface area contributed by atoms with E-state index in [0.29, 0.717) is 28.1 Å². The number of aromatic nitrogens is 6. The molecule has 5 aromatic rings. The van der Waals surface area contributed by atoms with Crippen molar-refractivity contribution in [3.63, 3.8) is 0 Å². The molecule has 0 spiro atoms. The topological polar surface area (TPSA) is 105 Å². The zero-order chi connectivity index (χ0) is 19.3. The van der Waals surface area contributed by atoms with E-state index in [1.165, 1.54) is 6.07 Å². The molecule has 0 saturated heterocycles. The van der Waals surface area contributed by atoms with Crippen LogP contribution in [0.4, 0.5) is 0 Å². The molecule has 5 rings (SSSR count). The maximum absolute atomic E-state index is 12.3. The van der Waals surface area contributed by atoms with E-state index in [4.69, 9.17) is 0 Å². The van der Waals surface area contributed by atoms with Gasteiger partial charge in [-0.25, -0.2) is 14.6 Å². The van der Waals surface area contributed by atoms with Gasteiger partial charge in [0.05, 0.1) is 22.8 Å². The lowest BCUT2D eigenvalue weighted by molar-refractivity contribution is 0.837. The Morgan fingerprint density at radius 1 is 1.21 bits per heavy atom. The largest absolute Gasteiger partial charge is 0.346 e. The van der Waals surface area contributed by atoms with Gasteiger partial charge in [0.15, 0.2) is 11.2 Å². The average Bonchev–Trinajstić information content (AvgIpc) is 3.32. The summed E-state index contributed by atoms with van der Waals surface area (Å²) >= 11 is 0. The molecule has 134 valence electrons. The van der Waals surface area contributed by atoms with Gasteiger partial charge < -0.3 is 9.38 Å². The lowest BCUT2D eigenvalue weighted by Crippen LogP contribution is -2.07. The number of aryl methyl sites for hydroxylation is 1. The van der Waals surface area contributed by atoms with Gasteiger partial charge in [0.25, 0.3) is 0 Å².